The molecule has 2 rings (SSSR count). The van der Waals surface area contributed by atoms with Crippen LogP contribution in [0.15, 0.2) is 47.6 Å². The lowest BCUT2D eigenvalue weighted by atomic mass is 10.2. The van der Waals surface area contributed by atoms with Crippen LogP contribution in [0.25, 0.3) is 0 Å². The molecule has 0 radical (unpaired) electrons. The fourth-order valence-electron chi connectivity index (χ4n) is 1.37. The molecule has 0 saturated heterocycles. The van der Waals surface area contributed by atoms with E-state index in [4.69, 9.17) is 5.73 Å². The summed E-state index contributed by atoms with van der Waals surface area (Å²) >= 11 is 0. The Balaban J connectivity index is 2.28. The Morgan fingerprint density at radius 1 is 1.19 bits per heavy atom. The Bertz CT molecular complexity index is 504. The van der Waals surface area contributed by atoms with Crippen molar-refractivity contribution in [1.29, 1.82) is 0 Å². The average Bonchev–Trinajstić information content (AvgIpc) is 2.32. The van der Waals surface area contributed by atoms with Crippen LogP contribution < -0.4 is 5.73 Å². The predicted molar refractivity (Wildman–Crippen MR) is 67.1 cm³/mol. The maximum atomic E-state index is 5.91. The summed E-state index contributed by atoms with van der Waals surface area (Å²) in [6.45, 7) is 1.97. The number of aromatic nitrogens is 1. The minimum Gasteiger partial charge on any atom is -0.397 e. The molecule has 2 N–H and O–H groups in total. The molecule has 1 aromatic carbocycles. The van der Waals surface area contributed by atoms with Gasteiger partial charge in [0.15, 0.2) is 0 Å². The maximum absolute atomic E-state index is 5.91. The van der Waals surface area contributed by atoms with Gasteiger partial charge in [-0.1, -0.05) is 18.2 Å². The van der Waals surface area contributed by atoms with Gasteiger partial charge in [0.05, 0.1) is 23.3 Å². The van der Waals surface area contributed by atoms with Crippen LogP contribution in [0.5, 0.6) is 0 Å². The van der Waals surface area contributed by atoms with E-state index < -0.39 is 0 Å². The summed E-state index contributed by atoms with van der Waals surface area (Å²) in [4.78, 5) is 8.48. The number of rotatable bonds is 2. The first kappa shape index (κ1) is 10.4. The molecule has 0 aliphatic heterocycles. The SMILES string of the molecule is Cc1cccc(N=Cc2ccccn2)c1N. The Kier molecular flexibility index (Phi) is 2.96. The number of aliphatic imine (C=N–C) groups is 1. The second-order valence-corrected chi connectivity index (χ2v) is 3.52. The molecule has 0 bridgehead atoms. The lowest BCUT2D eigenvalue weighted by molar-refractivity contribution is 1.30. The zero-order valence-corrected chi connectivity index (χ0v) is 9.09. The number of pyridine rings is 1. The monoisotopic (exact) mass is 211 g/mol. The fourth-order valence-corrected chi connectivity index (χ4v) is 1.37. The number of nitrogen functional groups attached to an aromatic ring is 1. The number of benzene rings is 1. The van der Waals surface area contributed by atoms with Crippen molar-refractivity contribution < 1.29 is 0 Å². The van der Waals surface area contributed by atoms with Gasteiger partial charge in [-0.25, -0.2) is 0 Å². The van der Waals surface area contributed by atoms with Crippen LogP contribution in [0.1, 0.15) is 11.3 Å². The van der Waals surface area contributed by atoms with Crippen molar-refractivity contribution in [1.82, 2.24) is 4.98 Å². The first-order valence-corrected chi connectivity index (χ1v) is 5.07. The Morgan fingerprint density at radius 3 is 2.81 bits per heavy atom. The van der Waals surface area contributed by atoms with Crippen molar-refractivity contribution in [3.05, 3.63) is 53.9 Å². The lowest BCUT2D eigenvalue weighted by Crippen LogP contribution is -1.90. The molecule has 0 aliphatic rings. The Labute approximate surface area is 94.7 Å². The van der Waals surface area contributed by atoms with Crippen molar-refractivity contribution in [3.63, 3.8) is 0 Å². The van der Waals surface area contributed by atoms with Gasteiger partial charge in [-0.3, -0.25) is 9.98 Å². The quantitative estimate of drug-likeness (QED) is 0.613. The van der Waals surface area contributed by atoms with Crippen molar-refractivity contribution in [2.45, 2.75) is 6.92 Å². The van der Waals surface area contributed by atoms with Crippen LogP contribution >= 0.6 is 0 Å². The van der Waals surface area contributed by atoms with E-state index >= 15 is 0 Å². The molecule has 80 valence electrons. The summed E-state index contributed by atoms with van der Waals surface area (Å²) in [7, 11) is 0. The van der Waals surface area contributed by atoms with Crippen LogP contribution in [0, 0.1) is 6.92 Å². The van der Waals surface area contributed by atoms with Crippen LogP contribution in [-0.4, -0.2) is 11.2 Å². The molecule has 0 amide bonds. The van der Waals surface area contributed by atoms with Crippen LogP contribution in [0.4, 0.5) is 11.4 Å². The van der Waals surface area contributed by atoms with Gasteiger partial charge in [-0.05, 0) is 30.7 Å². The molecule has 1 heterocycles. The molecule has 0 fully saturated rings. The molecule has 0 saturated carbocycles. The highest BCUT2D eigenvalue weighted by Crippen LogP contribution is 2.24. The average molecular weight is 211 g/mol. The van der Waals surface area contributed by atoms with Gasteiger partial charge < -0.3 is 5.73 Å². The smallest absolute Gasteiger partial charge is 0.0862 e. The van der Waals surface area contributed by atoms with E-state index in [0.29, 0.717) is 0 Å². The van der Waals surface area contributed by atoms with Gasteiger partial charge in [0, 0.05) is 6.20 Å². The van der Waals surface area contributed by atoms with E-state index in [1.807, 2.05) is 43.3 Å². The van der Waals surface area contributed by atoms with E-state index in [9.17, 15) is 0 Å². The van der Waals surface area contributed by atoms with Crippen LogP contribution in [0.3, 0.4) is 0 Å². The number of aryl methyl sites for hydroxylation is 1. The third kappa shape index (κ3) is 2.25. The molecular weight excluding hydrogens is 198 g/mol. The van der Waals surface area contributed by atoms with Crippen molar-refractivity contribution in [2.24, 2.45) is 4.99 Å². The molecule has 0 unspecified atom stereocenters. The van der Waals surface area contributed by atoms with Gasteiger partial charge in [-0.2, -0.15) is 0 Å². The second kappa shape index (κ2) is 4.57. The minimum atomic E-state index is 0.717. The van der Waals surface area contributed by atoms with Gasteiger partial charge in [0.2, 0.25) is 0 Å². The molecule has 0 aliphatic carbocycles. The summed E-state index contributed by atoms with van der Waals surface area (Å²) < 4.78 is 0. The molecule has 16 heavy (non-hydrogen) atoms. The first-order valence-electron chi connectivity index (χ1n) is 5.07. The maximum Gasteiger partial charge on any atom is 0.0862 e. The molecule has 3 heteroatoms. The third-order valence-corrected chi connectivity index (χ3v) is 2.32. The number of anilines is 1. The molecule has 0 spiro atoms. The van der Waals surface area contributed by atoms with Gasteiger partial charge in [-0.15, -0.1) is 0 Å². The second-order valence-electron chi connectivity index (χ2n) is 3.52. The summed E-state index contributed by atoms with van der Waals surface area (Å²) in [5.41, 5.74) is 9.27. The lowest BCUT2D eigenvalue weighted by Gasteiger charge is -2.02. The largest absolute Gasteiger partial charge is 0.397 e. The topological polar surface area (TPSA) is 51.3 Å². The standard InChI is InChI=1S/C13H13N3/c1-10-5-4-7-12(13(10)14)16-9-11-6-2-3-8-15-11/h2-9H,14H2,1H3. The Hall–Kier alpha value is -2.16. The van der Waals surface area contributed by atoms with E-state index in [2.05, 4.69) is 9.98 Å². The summed E-state index contributed by atoms with van der Waals surface area (Å²) in [6, 6.07) is 11.5. The highest BCUT2D eigenvalue weighted by atomic mass is 14.8. The van der Waals surface area contributed by atoms with E-state index in [1.165, 1.54) is 0 Å². The summed E-state index contributed by atoms with van der Waals surface area (Å²) in [5, 5.41) is 0. The Morgan fingerprint density at radius 2 is 2.06 bits per heavy atom. The highest BCUT2D eigenvalue weighted by molar-refractivity contribution is 5.82. The van der Waals surface area contributed by atoms with Gasteiger partial charge in [0.25, 0.3) is 0 Å². The van der Waals surface area contributed by atoms with Gasteiger partial charge >= 0.3 is 0 Å². The predicted octanol–water partition coefficient (Wildman–Crippen LogP) is 2.72. The zero-order chi connectivity index (χ0) is 11.4. The van der Waals surface area contributed by atoms with Crippen molar-refractivity contribution in [3.8, 4) is 0 Å². The molecule has 0 atom stereocenters. The summed E-state index contributed by atoms with van der Waals surface area (Å²) in [5.74, 6) is 0. The fraction of sp³-hybridized carbons (Fsp3) is 0.0769. The van der Waals surface area contributed by atoms with Crippen LogP contribution in [0.2, 0.25) is 0 Å². The number of nitrogens with zero attached hydrogens (tertiary/aromatic N) is 2. The number of hydrogen-bond acceptors (Lipinski definition) is 3. The van der Waals surface area contributed by atoms with E-state index in [-0.39, 0.29) is 0 Å². The van der Waals surface area contributed by atoms with Crippen molar-refractivity contribution in [2.75, 3.05) is 5.73 Å². The minimum absolute atomic E-state index is 0.717. The highest BCUT2D eigenvalue weighted by Gasteiger charge is 1.98. The molecular formula is C13H13N3. The molecule has 3 nitrogen and oxygen atoms in total. The van der Waals surface area contributed by atoms with Crippen molar-refractivity contribution >= 4 is 17.6 Å². The normalized spacial score (nSPS) is 10.8. The van der Waals surface area contributed by atoms with Gasteiger partial charge in [0.1, 0.15) is 0 Å². The molecule has 1 aromatic heterocycles. The summed E-state index contributed by atoms with van der Waals surface area (Å²) in [6.07, 6.45) is 3.45. The van der Waals surface area contributed by atoms with Crippen LogP contribution in [-0.2, 0) is 0 Å². The number of para-hydroxylation sites is 1. The molecule has 2 aromatic rings. The number of nitrogens with two attached hydrogens (primary N) is 1. The third-order valence-electron chi connectivity index (χ3n) is 2.32. The van der Waals surface area contributed by atoms with E-state index in [0.717, 1.165) is 22.6 Å². The first-order chi connectivity index (χ1) is 7.77. The van der Waals surface area contributed by atoms with E-state index in [1.54, 1.807) is 12.4 Å². The number of hydrogen-bond donors (Lipinski definition) is 1. The zero-order valence-electron chi connectivity index (χ0n) is 9.09.